The van der Waals surface area contributed by atoms with E-state index in [1.807, 2.05) is 11.3 Å². The number of thiophene rings is 1. The van der Waals surface area contributed by atoms with Crippen molar-refractivity contribution < 1.29 is 4.79 Å². The van der Waals surface area contributed by atoms with Crippen molar-refractivity contribution in [1.82, 2.24) is 10.2 Å². The average molecular weight is 335 g/mol. The second-order valence-corrected chi connectivity index (χ2v) is 8.17. The third-order valence-corrected chi connectivity index (χ3v) is 6.52. The van der Waals surface area contributed by atoms with E-state index < -0.39 is 0 Å². The summed E-state index contributed by atoms with van der Waals surface area (Å²) in [5.74, 6) is 1.67. The summed E-state index contributed by atoms with van der Waals surface area (Å²) in [6, 6.07) is 4.44. The monoisotopic (exact) mass is 334 g/mol. The number of carbonyl (C=O) groups excluding carboxylic acids is 1. The maximum absolute atomic E-state index is 12.0. The Morgan fingerprint density at radius 3 is 2.65 bits per heavy atom. The van der Waals surface area contributed by atoms with E-state index in [9.17, 15) is 4.79 Å². The SMILES string of the molecule is O=C(CC1CCCCC1)NCCN1CCC(c2cccs2)CC1. The smallest absolute Gasteiger partial charge is 0.220 e. The molecule has 0 aromatic carbocycles. The minimum absolute atomic E-state index is 0.269. The molecule has 0 spiro atoms. The van der Waals surface area contributed by atoms with Crippen LogP contribution >= 0.6 is 11.3 Å². The highest BCUT2D eigenvalue weighted by Crippen LogP contribution is 2.30. The van der Waals surface area contributed by atoms with E-state index >= 15 is 0 Å². The summed E-state index contributed by atoms with van der Waals surface area (Å²) in [4.78, 5) is 16.1. The number of nitrogens with one attached hydrogen (secondary N) is 1. The van der Waals surface area contributed by atoms with Gasteiger partial charge in [-0.05, 0) is 62.1 Å². The highest BCUT2D eigenvalue weighted by atomic mass is 32.1. The van der Waals surface area contributed by atoms with E-state index in [1.54, 1.807) is 4.88 Å². The molecule has 23 heavy (non-hydrogen) atoms. The summed E-state index contributed by atoms with van der Waals surface area (Å²) in [7, 11) is 0. The summed E-state index contributed by atoms with van der Waals surface area (Å²) >= 11 is 1.89. The summed E-state index contributed by atoms with van der Waals surface area (Å²) in [6.45, 7) is 4.16. The van der Waals surface area contributed by atoms with Gasteiger partial charge in [0.25, 0.3) is 0 Å². The van der Waals surface area contributed by atoms with Gasteiger partial charge in [0.2, 0.25) is 5.91 Å². The van der Waals surface area contributed by atoms with Gasteiger partial charge in [-0.1, -0.05) is 25.3 Å². The summed E-state index contributed by atoms with van der Waals surface area (Å²) in [5.41, 5.74) is 0. The lowest BCUT2D eigenvalue weighted by atomic mass is 9.87. The number of piperidine rings is 1. The maximum atomic E-state index is 12.0. The first-order valence-corrected chi connectivity index (χ1v) is 10.2. The topological polar surface area (TPSA) is 32.3 Å². The fourth-order valence-electron chi connectivity index (χ4n) is 4.04. The lowest BCUT2D eigenvalue weighted by Gasteiger charge is -2.31. The van der Waals surface area contributed by atoms with Gasteiger partial charge in [-0.15, -0.1) is 11.3 Å². The van der Waals surface area contributed by atoms with Gasteiger partial charge in [-0.2, -0.15) is 0 Å². The van der Waals surface area contributed by atoms with Crippen molar-refractivity contribution in [2.24, 2.45) is 5.92 Å². The molecule has 2 fully saturated rings. The molecule has 1 aromatic rings. The lowest BCUT2D eigenvalue weighted by molar-refractivity contribution is -0.122. The molecule has 128 valence electrons. The van der Waals surface area contributed by atoms with Gasteiger partial charge in [0.1, 0.15) is 0 Å². The van der Waals surface area contributed by atoms with Gasteiger partial charge in [-0.25, -0.2) is 0 Å². The van der Waals surface area contributed by atoms with E-state index in [-0.39, 0.29) is 5.91 Å². The predicted molar refractivity (Wildman–Crippen MR) is 96.9 cm³/mol. The van der Waals surface area contributed by atoms with Crippen LogP contribution in [0, 0.1) is 5.92 Å². The molecule has 0 unspecified atom stereocenters. The quantitative estimate of drug-likeness (QED) is 0.852. The molecule has 1 saturated heterocycles. The molecule has 0 radical (unpaired) electrons. The Kier molecular flexibility index (Phi) is 6.52. The Morgan fingerprint density at radius 2 is 1.96 bits per heavy atom. The van der Waals surface area contributed by atoms with E-state index in [0.29, 0.717) is 5.92 Å². The highest BCUT2D eigenvalue weighted by molar-refractivity contribution is 7.10. The van der Waals surface area contributed by atoms with Crippen molar-refractivity contribution >= 4 is 17.2 Å². The molecule has 0 bridgehead atoms. The molecule has 1 N–H and O–H groups in total. The Morgan fingerprint density at radius 1 is 1.17 bits per heavy atom. The largest absolute Gasteiger partial charge is 0.355 e. The fraction of sp³-hybridized carbons (Fsp3) is 0.737. The molecule has 1 aromatic heterocycles. The first-order valence-electron chi connectivity index (χ1n) is 9.33. The first kappa shape index (κ1) is 17.0. The molecule has 2 aliphatic rings. The second kappa shape index (κ2) is 8.84. The summed E-state index contributed by atoms with van der Waals surface area (Å²) in [6.07, 6.45) is 9.77. The molecule has 4 heteroatoms. The van der Waals surface area contributed by atoms with E-state index in [0.717, 1.165) is 25.4 Å². The van der Waals surface area contributed by atoms with Crippen LogP contribution in [-0.2, 0) is 4.79 Å². The Labute approximate surface area is 144 Å². The Hall–Kier alpha value is -0.870. The molecule has 1 aliphatic heterocycles. The molecule has 3 nitrogen and oxygen atoms in total. The van der Waals surface area contributed by atoms with Gasteiger partial charge in [0, 0.05) is 24.4 Å². The van der Waals surface area contributed by atoms with E-state index in [1.165, 1.54) is 58.0 Å². The van der Waals surface area contributed by atoms with Crippen LogP contribution in [0.25, 0.3) is 0 Å². The third-order valence-electron chi connectivity index (χ3n) is 5.48. The summed E-state index contributed by atoms with van der Waals surface area (Å²) < 4.78 is 0. The third kappa shape index (κ3) is 5.32. The van der Waals surface area contributed by atoms with Crippen LogP contribution in [0.5, 0.6) is 0 Å². The Balaban J connectivity index is 1.28. The molecule has 1 amide bonds. The van der Waals surface area contributed by atoms with Gasteiger partial charge in [0.15, 0.2) is 0 Å². The fourth-order valence-corrected chi connectivity index (χ4v) is 4.94. The second-order valence-electron chi connectivity index (χ2n) is 7.19. The first-order chi connectivity index (χ1) is 11.3. The minimum Gasteiger partial charge on any atom is -0.355 e. The van der Waals surface area contributed by atoms with Crippen molar-refractivity contribution in [3.8, 4) is 0 Å². The van der Waals surface area contributed by atoms with Crippen molar-refractivity contribution in [3.63, 3.8) is 0 Å². The zero-order chi connectivity index (χ0) is 15.9. The number of amides is 1. The zero-order valence-corrected chi connectivity index (χ0v) is 15.0. The van der Waals surface area contributed by atoms with Crippen LogP contribution in [-0.4, -0.2) is 37.0 Å². The van der Waals surface area contributed by atoms with Crippen LogP contribution in [0.3, 0.4) is 0 Å². The standard InChI is InChI=1S/C19H30N2OS/c22-19(15-16-5-2-1-3-6-16)20-10-13-21-11-8-17(9-12-21)18-7-4-14-23-18/h4,7,14,16-17H,1-3,5-6,8-13,15H2,(H,20,22). The van der Waals surface area contributed by atoms with Crippen molar-refractivity contribution in [2.45, 2.75) is 57.3 Å². The number of likely N-dealkylation sites (tertiary alicyclic amines) is 1. The highest BCUT2D eigenvalue weighted by Gasteiger charge is 2.21. The normalized spacial score (nSPS) is 21.4. The van der Waals surface area contributed by atoms with E-state index in [2.05, 4.69) is 27.7 Å². The van der Waals surface area contributed by atoms with Crippen LogP contribution in [0.4, 0.5) is 0 Å². The number of nitrogens with zero attached hydrogens (tertiary/aromatic N) is 1. The number of rotatable bonds is 6. The number of carbonyl (C=O) groups is 1. The van der Waals surface area contributed by atoms with Gasteiger partial charge < -0.3 is 10.2 Å². The van der Waals surface area contributed by atoms with Crippen LogP contribution in [0.15, 0.2) is 17.5 Å². The van der Waals surface area contributed by atoms with Crippen molar-refractivity contribution in [3.05, 3.63) is 22.4 Å². The molecule has 1 saturated carbocycles. The number of hydrogen-bond donors (Lipinski definition) is 1. The molecule has 0 atom stereocenters. The molecule has 2 heterocycles. The van der Waals surface area contributed by atoms with Crippen LogP contribution in [0.2, 0.25) is 0 Å². The van der Waals surface area contributed by atoms with E-state index in [4.69, 9.17) is 0 Å². The molecular formula is C19H30N2OS. The molecule has 1 aliphatic carbocycles. The molecule has 3 rings (SSSR count). The molecular weight excluding hydrogens is 304 g/mol. The van der Waals surface area contributed by atoms with Crippen LogP contribution < -0.4 is 5.32 Å². The van der Waals surface area contributed by atoms with Gasteiger partial charge >= 0.3 is 0 Å². The minimum atomic E-state index is 0.269. The summed E-state index contributed by atoms with van der Waals surface area (Å²) in [5, 5.41) is 5.32. The van der Waals surface area contributed by atoms with Crippen LogP contribution in [0.1, 0.15) is 62.2 Å². The lowest BCUT2D eigenvalue weighted by Crippen LogP contribution is -2.39. The number of hydrogen-bond acceptors (Lipinski definition) is 3. The Bertz CT molecular complexity index is 460. The average Bonchev–Trinajstić information content (AvgIpc) is 3.11. The van der Waals surface area contributed by atoms with Crippen molar-refractivity contribution in [2.75, 3.05) is 26.2 Å². The van der Waals surface area contributed by atoms with Gasteiger partial charge in [-0.3, -0.25) is 4.79 Å². The van der Waals surface area contributed by atoms with Gasteiger partial charge in [0.05, 0.1) is 0 Å². The zero-order valence-electron chi connectivity index (χ0n) is 14.1. The predicted octanol–water partition coefficient (Wildman–Crippen LogP) is 4.01. The van der Waals surface area contributed by atoms with Crippen molar-refractivity contribution in [1.29, 1.82) is 0 Å². The maximum Gasteiger partial charge on any atom is 0.220 e.